The number of esters is 1. The average Bonchev–Trinajstić information content (AvgIpc) is 3.38. The molecule has 0 fully saturated rings. The summed E-state index contributed by atoms with van der Waals surface area (Å²) in [6.07, 6.45) is 5.50. The van der Waals surface area contributed by atoms with E-state index in [1.165, 1.54) is 12.7 Å². The molecule has 0 spiro atoms. The monoisotopic (exact) mass is 567 g/mol. The quantitative estimate of drug-likeness (QED) is 0.245. The molecule has 0 aromatic heterocycles. The minimum Gasteiger partial charge on any atom is -0.493 e. The number of carbonyl (C=O) groups excluding carboxylic acids is 1. The van der Waals surface area contributed by atoms with Crippen LogP contribution in [0.4, 0.5) is 5.69 Å². The SMILES string of the molecule is COC(=O)c1ccc2c(c1C)N[C@H](c1cc(Br)c(OCc3ccc(Cl)cc3)c(OC)c1)[C@@H]1CC=C[C@H]21. The van der Waals surface area contributed by atoms with Gasteiger partial charge in [-0.05, 0) is 87.8 Å². The number of halogens is 2. The van der Waals surface area contributed by atoms with Crippen molar-refractivity contribution in [2.75, 3.05) is 19.5 Å². The zero-order valence-corrected chi connectivity index (χ0v) is 22.7. The third-order valence-electron chi connectivity index (χ3n) is 7.11. The third kappa shape index (κ3) is 4.48. The first kappa shape index (κ1) is 24.7. The summed E-state index contributed by atoms with van der Waals surface area (Å²) in [5.74, 6) is 1.59. The first-order valence-corrected chi connectivity index (χ1v) is 13.0. The lowest BCUT2D eigenvalue weighted by Crippen LogP contribution is -2.30. The Labute approximate surface area is 224 Å². The van der Waals surface area contributed by atoms with E-state index in [1.54, 1.807) is 7.11 Å². The van der Waals surface area contributed by atoms with Crippen LogP contribution in [0, 0.1) is 12.8 Å². The number of anilines is 1. The lowest BCUT2D eigenvalue weighted by molar-refractivity contribution is 0.0600. The lowest BCUT2D eigenvalue weighted by Gasteiger charge is -2.39. The Morgan fingerprint density at radius 3 is 2.64 bits per heavy atom. The number of hydrogen-bond donors (Lipinski definition) is 1. The molecule has 5 nitrogen and oxygen atoms in total. The number of carbonyl (C=O) groups is 1. The van der Waals surface area contributed by atoms with Crippen LogP contribution in [-0.4, -0.2) is 20.2 Å². The van der Waals surface area contributed by atoms with Crippen LogP contribution in [0.15, 0.2) is 65.2 Å². The van der Waals surface area contributed by atoms with E-state index in [2.05, 4.69) is 45.5 Å². The predicted octanol–water partition coefficient (Wildman–Crippen LogP) is 7.61. The van der Waals surface area contributed by atoms with Crippen LogP contribution in [0.1, 0.15) is 51.0 Å². The van der Waals surface area contributed by atoms with E-state index in [4.69, 9.17) is 25.8 Å². The number of hydrogen-bond acceptors (Lipinski definition) is 5. The van der Waals surface area contributed by atoms with Crippen LogP contribution in [-0.2, 0) is 11.3 Å². The van der Waals surface area contributed by atoms with E-state index in [0.717, 1.165) is 33.3 Å². The second kappa shape index (κ2) is 10.2. The second-order valence-corrected chi connectivity index (χ2v) is 10.4. The molecular formula is C29H27BrClNO4. The summed E-state index contributed by atoms with van der Waals surface area (Å²) in [5.41, 5.74) is 5.78. The van der Waals surface area contributed by atoms with Gasteiger partial charge in [0, 0.05) is 16.6 Å². The van der Waals surface area contributed by atoms with Gasteiger partial charge in [-0.25, -0.2) is 4.79 Å². The van der Waals surface area contributed by atoms with Gasteiger partial charge in [-0.3, -0.25) is 0 Å². The van der Waals surface area contributed by atoms with E-state index in [0.29, 0.717) is 34.6 Å². The van der Waals surface area contributed by atoms with Gasteiger partial charge in [-0.1, -0.05) is 42.0 Å². The molecule has 0 bridgehead atoms. The van der Waals surface area contributed by atoms with E-state index >= 15 is 0 Å². The molecule has 1 heterocycles. The van der Waals surface area contributed by atoms with Gasteiger partial charge in [-0.2, -0.15) is 0 Å². The zero-order chi connectivity index (χ0) is 25.4. The molecule has 186 valence electrons. The summed E-state index contributed by atoms with van der Waals surface area (Å²) in [4.78, 5) is 12.3. The van der Waals surface area contributed by atoms with Gasteiger partial charge >= 0.3 is 5.97 Å². The first-order chi connectivity index (χ1) is 17.4. The Morgan fingerprint density at radius 2 is 1.92 bits per heavy atom. The van der Waals surface area contributed by atoms with Gasteiger partial charge in [0.2, 0.25) is 0 Å². The molecule has 1 N–H and O–H groups in total. The molecular weight excluding hydrogens is 542 g/mol. The summed E-state index contributed by atoms with van der Waals surface area (Å²) in [7, 11) is 3.06. The highest BCUT2D eigenvalue weighted by Gasteiger charge is 2.39. The van der Waals surface area contributed by atoms with Gasteiger partial charge in [0.05, 0.1) is 30.3 Å². The molecule has 0 unspecified atom stereocenters. The fraction of sp³-hybridized carbons (Fsp3) is 0.276. The van der Waals surface area contributed by atoms with Crippen LogP contribution in [0.25, 0.3) is 0 Å². The molecule has 1 aliphatic heterocycles. The Hall–Kier alpha value is -2.96. The normalized spacial score (nSPS) is 19.8. The first-order valence-electron chi connectivity index (χ1n) is 11.8. The van der Waals surface area contributed by atoms with Gasteiger partial charge in [-0.15, -0.1) is 0 Å². The molecule has 2 aliphatic rings. The summed E-state index contributed by atoms with van der Waals surface area (Å²) >= 11 is 9.72. The maximum absolute atomic E-state index is 12.3. The molecule has 0 saturated carbocycles. The largest absolute Gasteiger partial charge is 0.493 e. The summed E-state index contributed by atoms with van der Waals surface area (Å²) in [6.45, 7) is 2.36. The molecule has 0 amide bonds. The fourth-order valence-corrected chi connectivity index (χ4v) is 5.97. The highest BCUT2D eigenvalue weighted by molar-refractivity contribution is 9.10. The minimum atomic E-state index is -0.329. The lowest BCUT2D eigenvalue weighted by atomic mass is 9.76. The van der Waals surface area contributed by atoms with Crippen molar-refractivity contribution in [2.45, 2.75) is 31.9 Å². The molecule has 0 radical (unpaired) electrons. The Bertz CT molecular complexity index is 1340. The molecule has 3 aromatic rings. The highest BCUT2D eigenvalue weighted by Crippen LogP contribution is 2.52. The molecule has 3 atom stereocenters. The van der Waals surface area contributed by atoms with E-state index in [9.17, 15) is 4.79 Å². The molecule has 3 aromatic carbocycles. The predicted molar refractivity (Wildman–Crippen MR) is 145 cm³/mol. The number of allylic oxidation sites excluding steroid dienone is 2. The Kier molecular flexibility index (Phi) is 7.00. The number of ether oxygens (including phenoxy) is 3. The van der Waals surface area contributed by atoms with Gasteiger partial charge in [0.1, 0.15) is 6.61 Å². The smallest absolute Gasteiger partial charge is 0.338 e. The summed E-state index contributed by atoms with van der Waals surface area (Å²) in [6, 6.07) is 15.7. The standard InChI is InChI=1S/C29H27BrClNO4/c1-16-20(29(33)35-3)11-12-23-21-5-4-6-22(21)27(32-26(16)23)18-13-24(30)28(25(14-18)34-2)36-15-17-7-9-19(31)10-8-17/h4-5,7-14,21-22,27,32H,6,15H2,1-3H3/t21-,22+,27+/m0/s1. The molecule has 1 aliphatic carbocycles. The van der Waals surface area contributed by atoms with Crippen LogP contribution in [0.3, 0.4) is 0 Å². The number of fused-ring (bicyclic) bond motifs is 3. The van der Waals surface area contributed by atoms with E-state index in [-0.39, 0.29) is 17.9 Å². The van der Waals surface area contributed by atoms with E-state index in [1.807, 2.05) is 43.3 Å². The van der Waals surface area contributed by atoms with Crippen molar-refractivity contribution in [1.82, 2.24) is 0 Å². The summed E-state index contributed by atoms with van der Waals surface area (Å²) < 4.78 is 17.7. The van der Waals surface area contributed by atoms with Crippen LogP contribution in [0.2, 0.25) is 5.02 Å². The second-order valence-electron chi connectivity index (χ2n) is 9.12. The number of nitrogens with one attached hydrogen (secondary N) is 1. The topological polar surface area (TPSA) is 56.8 Å². The van der Waals surface area contributed by atoms with Gasteiger partial charge in [0.25, 0.3) is 0 Å². The number of benzene rings is 3. The number of methoxy groups -OCH3 is 2. The Balaban J connectivity index is 1.48. The molecule has 5 rings (SSSR count). The van der Waals surface area contributed by atoms with Gasteiger partial charge < -0.3 is 19.5 Å². The minimum absolute atomic E-state index is 0.0274. The van der Waals surface area contributed by atoms with Crippen LogP contribution >= 0.6 is 27.5 Å². The zero-order valence-electron chi connectivity index (χ0n) is 20.3. The summed E-state index contributed by atoms with van der Waals surface area (Å²) in [5, 5.41) is 4.45. The van der Waals surface area contributed by atoms with Crippen molar-refractivity contribution in [3.05, 3.63) is 98.0 Å². The maximum atomic E-state index is 12.3. The molecule has 0 saturated heterocycles. The van der Waals surface area contributed by atoms with Crippen molar-refractivity contribution in [2.24, 2.45) is 5.92 Å². The third-order valence-corrected chi connectivity index (χ3v) is 7.95. The van der Waals surface area contributed by atoms with E-state index < -0.39 is 0 Å². The Morgan fingerprint density at radius 1 is 1.14 bits per heavy atom. The van der Waals surface area contributed by atoms with Crippen LogP contribution < -0.4 is 14.8 Å². The fourth-order valence-electron chi connectivity index (χ4n) is 5.27. The number of rotatable bonds is 6. The van der Waals surface area contributed by atoms with Crippen LogP contribution in [0.5, 0.6) is 11.5 Å². The average molecular weight is 569 g/mol. The van der Waals surface area contributed by atoms with Crippen molar-refractivity contribution in [1.29, 1.82) is 0 Å². The van der Waals surface area contributed by atoms with Crippen molar-refractivity contribution < 1.29 is 19.0 Å². The van der Waals surface area contributed by atoms with Crippen molar-refractivity contribution >= 4 is 39.2 Å². The maximum Gasteiger partial charge on any atom is 0.338 e. The van der Waals surface area contributed by atoms with Crippen molar-refractivity contribution in [3.8, 4) is 11.5 Å². The molecule has 36 heavy (non-hydrogen) atoms. The van der Waals surface area contributed by atoms with Crippen molar-refractivity contribution in [3.63, 3.8) is 0 Å². The molecule has 7 heteroatoms. The highest BCUT2D eigenvalue weighted by atomic mass is 79.9. The van der Waals surface area contributed by atoms with Gasteiger partial charge in [0.15, 0.2) is 11.5 Å².